The van der Waals surface area contributed by atoms with Gasteiger partial charge in [0.1, 0.15) is 5.82 Å². The van der Waals surface area contributed by atoms with Crippen molar-refractivity contribution in [2.75, 3.05) is 7.05 Å². The summed E-state index contributed by atoms with van der Waals surface area (Å²) in [6.07, 6.45) is 5.23. The minimum atomic E-state index is 0.606. The molecular formula is C13H24N4S. The van der Waals surface area contributed by atoms with Crippen LogP contribution < -0.4 is 5.32 Å². The Kier molecular flexibility index (Phi) is 4.67. The van der Waals surface area contributed by atoms with Crippen LogP contribution in [-0.4, -0.2) is 33.1 Å². The van der Waals surface area contributed by atoms with E-state index in [0.29, 0.717) is 11.3 Å². The summed E-state index contributed by atoms with van der Waals surface area (Å²) in [7, 11) is 4.12. The standard InChI is InChI=1S/C13H24N4S/c1-5-10-6-7-11(14-3)12(8-10)18-13-16-15-9(2)17(13)4/h10-12,14H,5-8H2,1-4H3. The molecule has 1 fully saturated rings. The second-order valence-electron chi connectivity index (χ2n) is 5.23. The Labute approximate surface area is 114 Å². The first-order valence-electron chi connectivity index (χ1n) is 6.85. The van der Waals surface area contributed by atoms with E-state index in [1.54, 1.807) is 0 Å². The minimum Gasteiger partial charge on any atom is -0.316 e. The maximum absolute atomic E-state index is 4.28. The molecule has 5 heteroatoms. The lowest BCUT2D eigenvalue weighted by Crippen LogP contribution is -2.40. The maximum Gasteiger partial charge on any atom is 0.191 e. The van der Waals surface area contributed by atoms with Gasteiger partial charge in [0.05, 0.1) is 0 Å². The van der Waals surface area contributed by atoms with Crippen LogP contribution in [0.15, 0.2) is 5.16 Å². The van der Waals surface area contributed by atoms with E-state index < -0.39 is 0 Å². The molecular weight excluding hydrogens is 244 g/mol. The van der Waals surface area contributed by atoms with Crippen molar-refractivity contribution in [2.45, 2.75) is 56.0 Å². The highest BCUT2D eigenvalue weighted by Gasteiger charge is 2.30. The Morgan fingerprint density at radius 1 is 1.39 bits per heavy atom. The zero-order valence-corrected chi connectivity index (χ0v) is 12.6. The van der Waals surface area contributed by atoms with Gasteiger partial charge in [-0.15, -0.1) is 10.2 Å². The molecule has 2 rings (SSSR count). The van der Waals surface area contributed by atoms with Crippen molar-refractivity contribution in [1.82, 2.24) is 20.1 Å². The number of hydrogen-bond acceptors (Lipinski definition) is 4. The van der Waals surface area contributed by atoms with Crippen LogP contribution >= 0.6 is 11.8 Å². The summed E-state index contributed by atoms with van der Waals surface area (Å²) < 4.78 is 2.09. The first kappa shape index (κ1) is 13.9. The van der Waals surface area contributed by atoms with Crippen LogP contribution in [0.3, 0.4) is 0 Å². The monoisotopic (exact) mass is 268 g/mol. The normalized spacial score (nSPS) is 28.6. The van der Waals surface area contributed by atoms with Gasteiger partial charge in [-0.3, -0.25) is 0 Å². The summed E-state index contributed by atoms with van der Waals surface area (Å²) in [5, 5.41) is 13.6. The van der Waals surface area contributed by atoms with Crippen molar-refractivity contribution >= 4 is 11.8 Å². The third-order valence-electron chi connectivity index (χ3n) is 4.16. The zero-order chi connectivity index (χ0) is 13.1. The van der Waals surface area contributed by atoms with E-state index >= 15 is 0 Å². The molecule has 0 aliphatic heterocycles. The first-order chi connectivity index (χ1) is 8.65. The SMILES string of the molecule is CCC1CCC(NC)C(Sc2nnc(C)n2C)C1. The molecule has 1 aromatic rings. The van der Waals surface area contributed by atoms with E-state index in [-0.39, 0.29) is 0 Å². The Morgan fingerprint density at radius 3 is 2.72 bits per heavy atom. The van der Waals surface area contributed by atoms with E-state index in [1.807, 2.05) is 25.7 Å². The van der Waals surface area contributed by atoms with Crippen molar-refractivity contribution in [1.29, 1.82) is 0 Å². The highest BCUT2D eigenvalue weighted by atomic mass is 32.2. The van der Waals surface area contributed by atoms with E-state index in [9.17, 15) is 0 Å². The Hall–Kier alpha value is -0.550. The third kappa shape index (κ3) is 2.88. The summed E-state index contributed by atoms with van der Waals surface area (Å²) in [4.78, 5) is 0. The van der Waals surface area contributed by atoms with Gasteiger partial charge in [-0.05, 0) is 39.2 Å². The molecule has 4 nitrogen and oxygen atoms in total. The maximum atomic E-state index is 4.28. The molecule has 1 heterocycles. The lowest BCUT2D eigenvalue weighted by Gasteiger charge is -2.35. The zero-order valence-electron chi connectivity index (χ0n) is 11.8. The average molecular weight is 268 g/mol. The van der Waals surface area contributed by atoms with Gasteiger partial charge < -0.3 is 9.88 Å². The Bertz CT molecular complexity index is 390. The number of thioether (sulfide) groups is 1. The van der Waals surface area contributed by atoms with Gasteiger partial charge in [0, 0.05) is 18.3 Å². The molecule has 0 aromatic carbocycles. The van der Waals surface area contributed by atoms with Crippen LogP contribution in [0, 0.1) is 12.8 Å². The quantitative estimate of drug-likeness (QED) is 0.910. The van der Waals surface area contributed by atoms with Crippen molar-refractivity contribution < 1.29 is 0 Å². The molecule has 3 unspecified atom stereocenters. The van der Waals surface area contributed by atoms with Gasteiger partial charge in [-0.2, -0.15) is 0 Å². The number of nitrogens with zero attached hydrogens (tertiary/aromatic N) is 3. The molecule has 0 amide bonds. The van der Waals surface area contributed by atoms with Crippen molar-refractivity contribution in [2.24, 2.45) is 13.0 Å². The number of aryl methyl sites for hydroxylation is 1. The Balaban J connectivity index is 2.06. The number of rotatable bonds is 4. The second-order valence-corrected chi connectivity index (χ2v) is 6.43. The fraction of sp³-hybridized carbons (Fsp3) is 0.846. The lowest BCUT2D eigenvalue weighted by molar-refractivity contribution is 0.304. The average Bonchev–Trinajstić information content (AvgIpc) is 2.70. The summed E-state index contributed by atoms with van der Waals surface area (Å²) in [6.45, 7) is 4.31. The van der Waals surface area contributed by atoms with Crippen LogP contribution in [0.4, 0.5) is 0 Å². The molecule has 0 bridgehead atoms. The molecule has 1 aliphatic carbocycles. The summed E-state index contributed by atoms with van der Waals surface area (Å²) in [5.74, 6) is 1.86. The van der Waals surface area contributed by atoms with Crippen LogP contribution in [0.2, 0.25) is 0 Å². The fourth-order valence-electron chi connectivity index (χ4n) is 2.67. The van der Waals surface area contributed by atoms with Crippen LogP contribution in [0.5, 0.6) is 0 Å². The largest absolute Gasteiger partial charge is 0.316 e. The molecule has 18 heavy (non-hydrogen) atoms. The molecule has 3 atom stereocenters. The first-order valence-corrected chi connectivity index (χ1v) is 7.73. The minimum absolute atomic E-state index is 0.606. The van der Waals surface area contributed by atoms with E-state index in [0.717, 1.165) is 16.9 Å². The molecule has 1 aromatic heterocycles. The summed E-state index contributed by atoms with van der Waals surface area (Å²) in [5.41, 5.74) is 0. The van der Waals surface area contributed by atoms with E-state index in [2.05, 4.69) is 34.1 Å². The van der Waals surface area contributed by atoms with Gasteiger partial charge in [-0.1, -0.05) is 25.1 Å². The van der Waals surface area contributed by atoms with Gasteiger partial charge >= 0.3 is 0 Å². The van der Waals surface area contributed by atoms with Crippen LogP contribution in [0.1, 0.15) is 38.4 Å². The summed E-state index contributed by atoms with van der Waals surface area (Å²) in [6, 6.07) is 0.606. The summed E-state index contributed by atoms with van der Waals surface area (Å²) >= 11 is 1.89. The number of hydrogen-bond donors (Lipinski definition) is 1. The molecule has 0 radical (unpaired) electrons. The second kappa shape index (κ2) is 6.06. The van der Waals surface area contributed by atoms with Crippen LogP contribution in [0.25, 0.3) is 0 Å². The fourth-order valence-corrected chi connectivity index (χ4v) is 4.12. The molecule has 1 aliphatic rings. The molecule has 0 saturated heterocycles. The van der Waals surface area contributed by atoms with E-state index in [1.165, 1.54) is 25.7 Å². The number of nitrogens with one attached hydrogen (secondary N) is 1. The van der Waals surface area contributed by atoms with Gasteiger partial charge in [-0.25, -0.2) is 0 Å². The third-order valence-corrected chi connectivity index (χ3v) is 5.55. The van der Waals surface area contributed by atoms with Crippen molar-refractivity contribution in [3.05, 3.63) is 5.82 Å². The molecule has 0 spiro atoms. The predicted molar refractivity (Wildman–Crippen MR) is 75.9 cm³/mol. The topological polar surface area (TPSA) is 42.7 Å². The molecule has 1 saturated carbocycles. The smallest absolute Gasteiger partial charge is 0.191 e. The molecule has 102 valence electrons. The van der Waals surface area contributed by atoms with Crippen molar-refractivity contribution in [3.8, 4) is 0 Å². The van der Waals surface area contributed by atoms with Crippen LogP contribution in [-0.2, 0) is 7.05 Å². The lowest BCUT2D eigenvalue weighted by atomic mass is 9.84. The predicted octanol–water partition coefficient (Wildman–Crippen LogP) is 2.38. The van der Waals surface area contributed by atoms with Crippen molar-refractivity contribution in [3.63, 3.8) is 0 Å². The Morgan fingerprint density at radius 2 is 2.17 bits per heavy atom. The highest BCUT2D eigenvalue weighted by Crippen LogP contribution is 2.36. The van der Waals surface area contributed by atoms with Gasteiger partial charge in [0.2, 0.25) is 0 Å². The van der Waals surface area contributed by atoms with Gasteiger partial charge in [0.15, 0.2) is 5.16 Å². The highest BCUT2D eigenvalue weighted by molar-refractivity contribution is 7.99. The van der Waals surface area contributed by atoms with E-state index in [4.69, 9.17) is 0 Å². The molecule has 1 N–H and O–H groups in total. The number of aromatic nitrogens is 3. The van der Waals surface area contributed by atoms with Gasteiger partial charge in [0.25, 0.3) is 0 Å².